The van der Waals surface area contributed by atoms with Crippen molar-refractivity contribution in [2.75, 3.05) is 9.80 Å². The van der Waals surface area contributed by atoms with Crippen molar-refractivity contribution in [3.05, 3.63) is 361 Å². The summed E-state index contributed by atoms with van der Waals surface area (Å²) < 4.78 is 21.0. The lowest BCUT2D eigenvalue weighted by Crippen LogP contribution is -2.19. The summed E-state index contributed by atoms with van der Waals surface area (Å²) in [7, 11) is 0. The first-order valence-corrected chi connectivity index (χ1v) is 43.1. The molecule has 0 N–H and O–H groups in total. The summed E-state index contributed by atoms with van der Waals surface area (Å²) in [6.45, 7) is 41.7. The third kappa shape index (κ3) is 16.4. The zero-order chi connectivity index (χ0) is 84.0. The fourth-order valence-corrected chi connectivity index (χ4v) is 17.6. The van der Waals surface area contributed by atoms with Crippen LogP contribution in [0.4, 0.5) is 34.1 Å². The van der Waals surface area contributed by atoms with Gasteiger partial charge in [-0.3, -0.25) is 0 Å². The molecule has 0 aliphatic heterocycles. The Kier molecular flexibility index (Phi) is 20.8. The zero-order valence-electron chi connectivity index (χ0n) is 72.7. The zero-order valence-corrected chi connectivity index (χ0v) is 73.5. The number of rotatable bonds is 16. The second-order valence-electron chi connectivity index (χ2n) is 38.7. The predicted octanol–water partition coefficient (Wildman–Crippen LogP) is 34.2. The van der Waals surface area contributed by atoms with Gasteiger partial charge in [-0.25, -0.2) is 0 Å². The summed E-state index contributed by atoms with van der Waals surface area (Å²) in [4.78, 5) is 7.23. The molecule has 0 amide bonds. The van der Waals surface area contributed by atoms with Crippen molar-refractivity contribution >= 4 is 89.8 Å². The molecular weight excluding hydrogens is 1480 g/mol. The van der Waals surface area contributed by atoms with Crippen LogP contribution in [0, 0.1) is 0 Å². The normalized spacial score (nSPS) is 12.4. The Morgan fingerprint density at radius 3 is 1.07 bits per heavy atom. The number of ether oxygens (including phenoxy) is 1. The molecule has 0 bridgehead atoms. The predicted molar refractivity (Wildman–Crippen MR) is 512 cm³/mol. The van der Waals surface area contributed by atoms with Gasteiger partial charge in [0.15, 0.2) is 0 Å². The lowest BCUT2D eigenvalue weighted by atomic mass is 9.79. The molecular formula is C114H108N2O3S. The van der Waals surface area contributed by atoms with E-state index in [1.54, 1.807) is 11.8 Å². The molecule has 598 valence electrons. The topological polar surface area (TPSA) is 42.0 Å². The van der Waals surface area contributed by atoms with Gasteiger partial charge in [0.05, 0.1) is 11.4 Å². The van der Waals surface area contributed by atoms with Crippen molar-refractivity contribution in [2.45, 2.75) is 167 Å². The summed E-state index contributed by atoms with van der Waals surface area (Å²) in [5.41, 5.74) is 29.2. The molecule has 15 aromatic carbocycles. The molecule has 2 heterocycles. The Morgan fingerprint density at radius 2 is 0.583 bits per heavy atom. The highest BCUT2D eigenvalue weighted by Crippen LogP contribution is 2.53. The average molecular weight is 1590 g/mol. The van der Waals surface area contributed by atoms with Crippen LogP contribution in [0.2, 0.25) is 0 Å². The van der Waals surface area contributed by atoms with Gasteiger partial charge in [-0.2, -0.15) is 0 Å². The fraction of sp³-hybridized carbons (Fsp3) is 0.211. The third-order valence-corrected chi connectivity index (χ3v) is 24.5. The lowest BCUT2D eigenvalue weighted by Gasteiger charge is -2.34. The van der Waals surface area contributed by atoms with E-state index in [0.717, 1.165) is 149 Å². The van der Waals surface area contributed by atoms with E-state index in [-0.39, 0.29) is 32.5 Å². The summed E-state index contributed by atoms with van der Waals surface area (Å²) in [5, 5.41) is 4.22. The van der Waals surface area contributed by atoms with Crippen LogP contribution in [-0.2, 0) is 32.5 Å². The second kappa shape index (κ2) is 31.1. The van der Waals surface area contributed by atoms with Gasteiger partial charge in [-0.1, -0.05) is 349 Å². The minimum Gasteiger partial charge on any atom is -0.457 e. The highest BCUT2D eigenvalue weighted by atomic mass is 32.2. The molecule has 0 fully saturated rings. The molecule has 17 rings (SSSR count). The van der Waals surface area contributed by atoms with Crippen LogP contribution in [0.1, 0.15) is 158 Å². The van der Waals surface area contributed by atoms with Crippen LogP contribution in [0.3, 0.4) is 0 Å². The maximum atomic E-state index is 7.53. The van der Waals surface area contributed by atoms with Crippen LogP contribution in [0.5, 0.6) is 11.5 Å². The summed E-state index contributed by atoms with van der Waals surface area (Å²) in [6, 6.07) is 121. The molecule has 0 radical (unpaired) electrons. The standard InChI is InChI=1S/C114H108N2O3S/c1-109(2,3)81-55-77(56-82(65-81)110(4,5)6)75-39-29-43-92(61-75)117-93-62-79(96-47-33-53-104-106(96)100-45-25-27-51-102(100)118-104)59-89(71-93)115(91-68-85(113(13,14)15)67-86(69-91)114(16,17)18)87-41-31-42-88(70-87)116(108-98(73-35-21-19-22-36-73)49-32-50-99(108)74-37-23-20-24-38-74)90-60-80(97-48-34-54-105-107(97)101-46-26-28-52-103(101)119-105)64-95(72-90)120-94-44-30-40-76(63-94)78-57-83(111(7,8)9)66-84(58-78)112(10,11)12/h19-72H,1-18H3. The first-order valence-electron chi connectivity index (χ1n) is 42.3. The molecule has 120 heavy (non-hydrogen) atoms. The number of benzene rings is 15. The van der Waals surface area contributed by atoms with Crippen molar-refractivity contribution in [3.8, 4) is 78.3 Å². The molecule has 0 aliphatic rings. The third-order valence-electron chi connectivity index (χ3n) is 23.5. The van der Waals surface area contributed by atoms with Crippen molar-refractivity contribution in [1.82, 2.24) is 0 Å². The molecule has 0 atom stereocenters. The molecule has 0 saturated carbocycles. The van der Waals surface area contributed by atoms with Gasteiger partial charge in [0.1, 0.15) is 33.8 Å². The van der Waals surface area contributed by atoms with Gasteiger partial charge in [0.2, 0.25) is 0 Å². The summed E-state index contributed by atoms with van der Waals surface area (Å²) >= 11 is 1.80. The molecule has 5 nitrogen and oxygen atoms in total. The number of hydrogen-bond donors (Lipinski definition) is 0. The van der Waals surface area contributed by atoms with E-state index in [9.17, 15) is 0 Å². The van der Waals surface area contributed by atoms with E-state index in [4.69, 9.17) is 13.6 Å². The number of anilines is 6. The number of hydrogen-bond acceptors (Lipinski definition) is 6. The fourth-order valence-electron chi connectivity index (χ4n) is 16.7. The molecule has 0 unspecified atom stereocenters. The van der Waals surface area contributed by atoms with Crippen molar-refractivity contribution in [2.24, 2.45) is 0 Å². The Hall–Kier alpha value is -12.4. The summed E-state index contributed by atoms with van der Waals surface area (Å²) in [5.74, 6) is 1.41. The minimum absolute atomic E-state index is 0.0548. The smallest absolute Gasteiger partial charge is 0.136 e. The van der Waals surface area contributed by atoms with Gasteiger partial charge in [0.25, 0.3) is 0 Å². The molecule has 2 aromatic heterocycles. The summed E-state index contributed by atoms with van der Waals surface area (Å²) in [6.07, 6.45) is 0. The quantitative estimate of drug-likeness (QED) is 0.0960. The van der Waals surface area contributed by atoms with E-state index in [1.165, 1.54) is 44.5 Å². The monoisotopic (exact) mass is 1580 g/mol. The minimum atomic E-state index is -0.239. The molecule has 0 spiro atoms. The number of para-hydroxylation sites is 3. The maximum Gasteiger partial charge on any atom is 0.136 e. The van der Waals surface area contributed by atoms with Gasteiger partial charge >= 0.3 is 0 Å². The van der Waals surface area contributed by atoms with E-state index < -0.39 is 0 Å². The van der Waals surface area contributed by atoms with Crippen LogP contribution < -0.4 is 14.5 Å². The van der Waals surface area contributed by atoms with Crippen LogP contribution in [0.15, 0.2) is 346 Å². The maximum absolute atomic E-state index is 7.53. The van der Waals surface area contributed by atoms with E-state index >= 15 is 0 Å². The van der Waals surface area contributed by atoms with Crippen LogP contribution in [-0.4, -0.2) is 0 Å². The van der Waals surface area contributed by atoms with Gasteiger partial charge in [-0.05, 0) is 231 Å². The first kappa shape index (κ1) is 80.1. The number of nitrogens with zero attached hydrogens (tertiary/aromatic N) is 2. The Bertz CT molecular complexity index is 6580. The van der Waals surface area contributed by atoms with Crippen LogP contribution >= 0.6 is 11.8 Å². The highest BCUT2D eigenvalue weighted by Gasteiger charge is 2.31. The Balaban J connectivity index is 0.936. The highest BCUT2D eigenvalue weighted by molar-refractivity contribution is 7.99. The Morgan fingerprint density at radius 1 is 0.225 bits per heavy atom. The van der Waals surface area contributed by atoms with Crippen molar-refractivity contribution < 1.29 is 13.6 Å². The van der Waals surface area contributed by atoms with Crippen molar-refractivity contribution in [1.29, 1.82) is 0 Å². The molecule has 0 aliphatic carbocycles. The lowest BCUT2D eigenvalue weighted by molar-refractivity contribution is 0.483. The van der Waals surface area contributed by atoms with E-state index in [0.29, 0.717) is 5.75 Å². The second-order valence-corrected chi connectivity index (χ2v) is 39.9. The van der Waals surface area contributed by atoms with E-state index in [2.05, 4.69) is 462 Å². The Labute approximate surface area is 714 Å². The number of fused-ring (bicyclic) bond motifs is 6. The largest absolute Gasteiger partial charge is 0.457 e. The van der Waals surface area contributed by atoms with Crippen LogP contribution in [0.25, 0.3) is 111 Å². The van der Waals surface area contributed by atoms with E-state index in [1.807, 2.05) is 0 Å². The van der Waals surface area contributed by atoms with Crippen molar-refractivity contribution in [3.63, 3.8) is 0 Å². The first-order chi connectivity index (χ1) is 57.2. The number of furan rings is 2. The SMILES string of the molecule is CC(C)(C)c1cc(-c2cccc(Oc3cc(-c4cccc5oc6ccccc6c45)cc(N(c4cccc(N(c5cc(Sc6cccc(-c7cc(C(C)(C)C)cc(C(C)(C)C)c7)c6)cc(-c6cccc7oc8ccccc8c67)c5)c5c(-c6ccccc6)cccc5-c5ccccc5)c4)c4cc(C(C)(C)C)cc(C(C)(C)C)c4)c3)c2)cc(C(C)(C)C)c1. The van der Waals surface area contributed by atoms with Gasteiger partial charge in [-0.15, -0.1) is 0 Å². The molecule has 17 aromatic rings. The van der Waals surface area contributed by atoms with Gasteiger partial charge in [0, 0.05) is 71.3 Å². The van der Waals surface area contributed by atoms with Gasteiger partial charge < -0.3 is 23.4 Å². The average Bonchev–Trinajstić information content (AvgIpc) is 1.49. The molecule has 6 heteroatoms. The molecule has 0 saturated heterocycles.